The molecule has 7 heteroatoms. The lowest BCUT2D eigenvalue weighted by Gasteiger charge is -2.39. The molecule has 2 heterocycles. The van der Waals surface area contributed by atoms with Crippen LogP contribution in [0.2, 0.25) is 0 Å². The predicted molar refractivity (Wildman–Crippen MR) is 118 cm³/mol. The molecule has 7 nitrogen and oxygen atoms in total. The zero-order valence-corrected chi connectivity index (χ0v) is 18.7. The fourth-order valence-electron chi connectivity index (χ4n) is 3.34. The number of aliphatic hydroxyl groups excluding tert-OH is 1. The molecule has 0 radical (unpaired) electrons. The van der Waals surface area contributed by atoms with Crippen molar-refractivity contribution in [2.24, 2.45) is 0 Å². The summed E-state index contributed by atoms with van der Waals surface area (Å²) in [5, 5.41) is 8.96. The molecular formula is C24H32N2O5. The van der Waals surface area contributed by atoms with E-state index in [-0.39, 0.29) is 24.7 Å². The number of aliphatic hydroxyl groups is 1. The number of likely N-dealkylation sites (tertiary alicyclic amines) is 1. The number of hydrogen-bond donors (Lipinski definition) is 1. The summed E-state index contributed by atoms with van der Waals surface area (Å²) in [5.41, 5.74) is 2.47. The minimum absolute atomic E-state index is 0.000856. The van der Waals surface area contributed by atoms with Crippen LogP contribution in [-0.2, 0) is 14.3 Å². The molecule has 1 N–H and O–H groups in total. The van der Waals surface area contributed by atoms with Gasteiger partial charge in [0.15, 0.2) is 0 Å². The summed E-state index contributed by atoms with van der Waals surface area (Å²) >= 11 is 0. The highest BCUT2D eigenvalue weighted by Crippen LogP contribution is 2.27. The minimum Gasteiger partial charge on any atom is -0.476 e. The van der Waals surface area contributed by atoms with E-state index in [1.54, 1.807) is 12.4 Å². The van der Waals surface area contributed by atoms with Gasteiger partial charge in [0.2, 0.25) is 0 Å². The number of pyridine rings is 1. The second kappa shape index (κ2) is 10.2. The van der Waals surface area contributed by atoms with E-state index >= 15 is 0 Å². The molecule has 1 saturated heterocycles. The second-order valence-electron chi connectivity index (χ2n) is 8.70. The van der Waals surface area contributed by atoms with Gasteiger partial charge in [0.1, 0.15) is 24.1 Å². The molecule has 31 heavy (non-hydrogen) atoms. The molecule has 2 aromatic rings. The predicted octanol–water partition coefficient (Wildman–Crippen LogP) is 3.57. The Kier molecular flexibility index (Phi) is 7.64. The zero-order chi connectivity index (χ0) is 22.4. The number of nitrogens with zero attached hydrogens (tertiary/aromatic N) is 2. The van der Waals surface area contributed by atoms with Gasteiger partial charge in [-0.2, -0.15) is 0 Å². The molecule has 3 rings (SSSR count). The second-order valence-corrected chi connectivity index (χ2v) is 8.70. The average molecular weight is 429 g/mol. The molecule has 1 unspecified atom stereocenters. The summed E-state index contributed by atoms with van der Waals surface area (Å²) in [6.45, 7) is 8.98. The van der Waals surface area contributed by atoms with Crippen molar-refractivity contribution in [2.45, 2.75) is 51.9 Å². The van der Waals surface area contributed by atoms with E-state index in [4.69, 9.17) is 19.3 Å². The van der Waals surface area contributed by atoms with Crippen LogP contribution in [0.1, 0.15) is 45.8 Å². The lowest BCUT2D eigenvalue weighted by atomic mass is 10.0. The van der Waals surface area contributed by atoms with Crippen molar-refractivity contribution in [3.8, 4) is 16.9 Å². The van der Waals surface area contributed by atoms with E-state index in [1.807, 2.05) is 56.9 Å². The number of hydrogen-bond acceptors (Lipinski definition) is 7. The zero-order valence-electron chi connectivity index (χ0n) is 18.7. The van der Waals surface area contributed by atoms with Crippen LogP contribution in [0, 0.1) is 0 Å². The number of benzene rings is 1. The number of aromatic nitrogens is 1. The third kappa shape index (κ3) is 6.50. The maximum Gasteiger partial charge on any atom is 0.324 e. The van der Waals surface area contributed by atoms with Gasteiger partial charge in [0.25, 0.3) is 0 Å². The van der Waals surface area contributed by atoms with Gasteiger partial charge >= 0.3 is 5.97 Å². The number of esters is 1. The molecule has 1 aliphatic heterocycles. The third-order valence-electron chi connectivity index (χ3n) is 5.07. The number of carbonyl (C=O) groups excluding carboxylic acids is 1. The first-order valence-corrected chi connectivity index (χ1v) is 10.6. The van der Waals surface area contributed by atoms with Gasteiger partial charge in [-0.25, -0.2) is 0 Å². The summed E-state index contributed by atoms with van der Waals surface area (Å²) in [5.74, 6) is 0.436. The molecular weight excluding hydrogens is 396 g/mol. The van der Waals surface area contributed by atoms with Crippen LogP contribution >= 0.6 is 0 Å². The summed E-state index contributed by atoms with van der Waals surface area (Å²) in [7, 11) is 0. The van der Waals surface area contributed by atoms with Crippen molar-refractivity contribution >= 4 is 5.97 Å². The Bertz CT molecular complexity index is 880. The highest BCUT2D eigenvalue weighted by Gasteiger charge is 2.37. The first kappa shape index (κ1) is 23.2. The van der Waals surface area contributed by atoms with E-state index in [0.29, 0.717) is 19.1 Å². The van der Waals surface area contributed by atoms with E-state index in [2.05, 4.69) is 11.1 Å². The van der Waals surface area contributed by atoms with Crippen LogP contribution in [0.5, 0.6) is 5.75 Å². The first-order valence-electron chi connectivity index (χ1n) is 10.6. The quantitative estimate of drug-likeness (QED) is 0.612. The number of ether oxygens (including phenoxy) is 3. The van der Waals surface area contributed by atoms with Crippen molar-refractivity contribution in [2.75, 3.05) is 26.5 Å². The van der Waals surface area contributed by atoms with Crippen LogP contribution in [0.3, 0.4) is 0 Å². The standard InChI is InChI=1S/C24H32N2O5/c1-17(29-11-10-27)18-6-5-7-19(12-18)20-13-21(15-25-14-20)30-16-26-9-8-22(26)23(28)31-24(2,3)4/h5-7,12-15,17,22,27H,8-11,16H2,1-4H3/t17?,22-/m0/s1. The molecule has 0 amide bonds. The van der Waals surface area contributed by atoms with Gasteiger partial charge in [-0.05, 0) is 57.4 Å². The average Bonchev–Trinajstić information content (AvgIpc) is 2.70. The first-order chi connectivity index (χ1) is 14.8. The Morgan fingerprint density at radius 2 is 2.06 bits per heavy atom. The SMILES string of the molecule is CC(OCCO)c1cccc(-c2cncc(OCN3CC[C@H]3C(=O)OC(C)(C)C)c2)c1. The Labute approximate surface area is 184 Å². The molecule has 0 aliphatic carbocycles. The monoisotopic (exact) mass is 428 g/mol. The van der Waals surface area contributed by atoms with Crippen LogP contribution in [-0.4, -0.2) is 59.1 Å². The topological polar surface area (TPSA) is 81.1 Å². The summed E-state index contributed by atoms with van der Waals surface area (Å²) in [4.78, 5) is 18.6. The molecule has 1 aromatic heterocycles. The highest BCUT2D eigenvalue weighted by atomic mass is 16.6. The molecule has 0 bridgehead atoms. The van der Waals surface area contributed by atoms with Crippen LogP contribution in [0.15, 0.2) is 42.7 Å². The van der Waals surface area contributed by atoms with Gasteiger partial charge in [0.05, 0.1) is 25.5 Å². The van der Waals surface area contributed by atoms with E-state index in [1.165, 1.54) is 0 Å². The molecule has 2 atom stereocenters. The van der Waals surface area contributed by atoms with Gasteiger partial charge in [-0.15, -0.1) is 0 Å². The van der Waals surface area contributed by atoms with E-state index in [0.717, 1.165) is 29.7 Å². The summed E-state index contributed by atoms with van der Waals surface area (Å²) < 4.78 is 17.0. The van der Waals surface area contributed by atoms with Crippen molar-refractivity contribution in [3.63, 3.8) is 0 Å². The normalized spacial score (nSPS) is 17.6. The minimum atomic E-state index is -0.493. The van der Waals surface area contributed by atoms with E-state index in [9.17, 15) is 4.79 Å². The van der Waals surface area contributed by atoms with Crippen molar-refractivity contribution in [1.29, 1.82) is 0 Å². The molecule has 168 valence electrons. The lowest BCUT2D eigenvalue weighted by molar-refractivity contribution is -0.168. The molecule has 1 aromatic carbocycles. The molecule has 1 fully saturated rings. The molecule has 0 spiro atoms. The molecule has 1 aliphatic rings. The Hall–Kier alpha value is -2.48. The van der Waals surface area contributed by atoms with Crippen molar-refractivity contribution in [3.05, 3.63) is 48.3 Å². The van der Waals surface area contributed by atoms with Crippen LogP contribution in [0.25, 0.3) is 11.1 Å². The Balaban J connectivity index is 1.62. The van der Waals surface area contributed by atoms with Gasteiger partial charge in [-0.1, -0.05) is 18.2 Å². The maximum absolute atomic E-state index is 12.3. The largest absolute Gasteiger partial charge is 0.476 e. The van der Waals surface area contributed by atoms with Crippen molar-refractivity contribution < 1.29 is 24.1 Å². The number of rotatable bonds is 9. The third-order valence-corrected chi connectivity index (χ3v) is 5.07. The van der Waals surface area contributed by atoms with Crippen LogP contribution in [0.4, 0.5) is 0 Å². The maximum atomic E-state index is 12.3. The van der Waals surface area contributed by atoms with E-state index < -0.39 is 5.60 Å². The summed E-state index contributed by atoms with van der Waals surface area (Å²) in [6.07, 6.45) is 4.12. The number of carbonyl (C=O) groups is 1. The van der Waals surface area contributed by atoms with Gasteiger partial charge in [0, 0.05) is 18.3 Å². The fraction of sp³-hybridized carbons (Fsp3) is 0.500. The van der Waals surface area contributed by atoms with Crippen LogP contribution < -0.4 is 4.74 Å². The Morgan fingerprint density at radius 1 is 1.26 bits per heavy atom. The lowest BCUT2D eigenvalue weighted by Crippen LogP contribution is -2.55. The van der Waals surface area contributed by atoms with Crippen molar-refractivity contribution in [1.82, 2.24) is 9.88 Å². The van der Waals surface area contributed by atoms with Gasteiger partial charge in [-0.3, -0.25) is 14.7 Å². The van der Waals surface area contributed by atoms with Gasteiger partial charge < -0.3 is 19.3 Å². The highest BCUT2D eigenvalue weighted by molar-refractivity contribution is 5.77. The molecule has 0 saturated carbocycles. The summed E-state index contributed by atoms with van der Waals surface area (Å²) in [6, 6.07) is 9.72. The Morgan fingerprint density at radius 3 is 2.74 bits per heavy atom. The smallest absolute Gasteiger partial charge is 0.324 e. The fourth-order valence-corrected chi connectivity index (χ4v) is 3.34.